The van der Waals surface area contributed by atoms with Gasteiger partial charge in [-0.15, -0.1) is 11.3 Å². The zero-order chi connectivity index (χ0) is 20.2. The van der Waals surface area contributed by atoms with Gasteiger partial charge in [0.15, 0.2) is 0 Å². The number of halogens is 1. The number of nitrogens with one attached hydrogen (secondary N) is 1. The predicted octanol–water partition coefficient (Wildman–Crippen LogP) is 6.10. The fraction of sp³-hybridized carbons (Fsp3) is 0.0455. The van der Waals surface area contributed by atoms with Crippen molar-refractivity contribution < 1.29 is 9.53 Å². The van der Waals surface area contributed by atoms with Gasteiger partial charge in [-0.25, -0.2) is 9.97 Å². The lowest BCUT2D eigenvalue weighted by Gasteiger charge is -2.09. The molecule has 4 aromatic rings. The standard InChI is InChI=1S/C22H16ClN3O2S/c1-14-13-15(28-22-24-11-4-12-25-22)7-8-17(14)26-20(27)10-9-19-21(23)16-5-2-3-6-18(16)29-19/h2-13H,1H3,(H,26,27)/b10-9+. The van der Waals surface area contributed by atoms with Crippen LogP contribution in [0.3, 0.4) is 0 Å². The zero-order valence-corrected chi connectivity index (χ0v) is 17.0. The number of thiophene rings is 1. The molecule has 0 bridgehead atoms. The predicted molar refractivity (Wildman–Crippen MR) is 118 cm³/mol. The molecule has 0 radical (unpaired) electrons. The highest BCUT2D eigenvalue weighted by Crippen LogP contribution is 2.36. The minimum Gasteiger partial charge on any atom is -0.424 e. The van der Waals surface area contributed by atoms with Crippen LogP contribution in [0, 0.1) is 6.92 Å². The van der Waals surface area contributed by atoms with Gasteiger partial charge in [-0.2, -0.15) is 0 Å². The van der Waals surface area contributed by atoms with Gasteiger partial charge in [-0.05, 0) is 48.9 Å². The second-order valence-electron chi connectivity index (χ2n) is 6.21. The summed E-state index contributed by atoms with van der Waals surface area (Å²) >= 11 is 7.96. The number of rotatable bonds is 5. The first-order valence-corrected chi connectivity index (χ1v) is 10.0. The third-order valence-electron chi connectivity index (χ3n) is 4.15. The van der Waals surface area contributed by atoms with E-state index < -0.39 is 0 Å². The molecule has 0 aliphatic carbocycles. The third-order valence-corrected chi connectivity index (χ3v) is 5.81. The van der Waals surface area contributed by atoms with E-state index in [-0.39, 0.29) is 11.9 Å². The maximum atomic E-state index is 12.4. The molecule has 0 atom stereocenters. The summed E-state index contributed by atoms with van der Waals surface area (Å²) in [4.78, 5) is 21.3. The molecule has 7 heteroatoms. The van der Waals surface area contributed by atoms with Gasteiger partial charge in [0, 0.05) is 39.1 Å². The van der Waals surface area contributed by atoms with Gasteiger partial charge in [0.25, 0.3) is 0 Å². The maximum absolute atomic E-state index is 12.4. The molecular weight excluding hydrogens is 406 g/mol. The molecule has 2 aromatic heterocycles. The zero-order valence-electron chi connectivity index (χ0n) is 15.4. The SMILES string of the molecule is Cc1cc(Oc2ncccn2)ccc1NC(=O)/C=C/c1sc2ccccc2c1Cl. The third kappa shape index (κ3) is 4.45. The number of hydrogen-bond acceptors (Lipinski definition) is 5. The first-order chi connectivity index (χ1) is 14.1. The number of ether oxygens (including phenoxy) is 1. The highest BCUT2D eigenvalue weighted by molar-refractivity contribution is 7.20. The first-order valence-electron chi connectivity index (χ1n) is 8.82. The van der Waals surface area contributed by atoms with E-state index in [0.29, 0.717) is 16.5 Å². The number of fused-ring (bicyclic) bond motifs is 1. The molecule has 2 aromatic carbocycles. The molecule has 0 saturated heterocycles. The first kappa shape index (κ1) is 19.1. The van der Waals surface area contributed by atoms with Crippen molar-refractivity contribution in [1.82, 2.24) is 9.97 Å². The monoisotopic (exact) mass is 421 g/mol. The van der Waals surface area contributed by atoms with Crippen molar-refractivity contribution in [3.63, 3.8) is 0 Å². The van der Waals surface area contributed by atoms with Crippen molar-refractivity contribution in [2.24, 2.45) is 0 Å². The quantitative estimate of drug-likeness (QED) is 0.395. The van der Waals surface area contributed by atoms with Crippen molar-refractivity contribution in [3.8, 4) is 11.8 Å². The molecule has 0 aliphatic rings. The van der Waals surface area contributed by atoms with Gasteiger partial charge in [-0.3, -0.25) is 4.79 Å². The Hall–Kier alpha value is -3.22. The number of hydrogen-bond donors (Lipinski definition) is 1. The number of aryl methyl sites for hydroxylation is 1. The lowest BCUT2D eigenvalue weighted by molar-refractivity contribution is -0.111. The van der Waals surface area contributed by atoms with E-state index in [1.54, 1.807) is 48.0 Å². The van der Waals surface area contributed by atoms with Gasteiger partial charge in [0.1, 0.15) is 5.75 Å². The smallest absolute Gasteiger partial charge is 0.321 e. The lowest BCUT2D eigenvalue weighted by Crippen LogP contribution is -2.08. The highest BCUT2D eigenvalue weighted by Gasteiger charge is 2.09. The van der Waals surface area contributed by atoms with E-state index in [1.807, 2.05) is 37.3 Å². The number of amides is 1. The lowest BCUT2D eigenvalue weighted by atomic mass is 10.2. The molecule has 144 valence electrons. The number of benzene rings is 2. The van der Waals surface area contributed by atoms with Crippen LogP contribution in [0.5, 0.6) is 11.8 Å². The number of carbonyl (C=O) groups excluding carboxylic acids is 1. The molecule has 29 heavy (non-hydrogen) atoms. The Balaban J connectivity index is 1.45. The van der Waals surface area contributed by atoms with Crippen LogP contribution in [0.1, 0.15) is 10.4 Å². The molecule has 1 amide bonds. The van der Waals surface area contributed by atoms with Crippen molar-refractivity contribution in [2.75, 3.05) is 5.32 Å². The number of aromatic nitrogens is 2. The molecule has 1 N–H and O–H groups in total. The van der Waals surface area contributed by atoms with E-state index in [4.69, 9.17) is 16.3 Å². The minimum atomic E-state index is -0.235. The fourth-order valence-corrected chi connectivity index (χ4v) is 4.15. The van der Waals surface area contributed by atoms with Gasteiger partial charge in [0.2, 0.25) is 5.91 Å². The Kier molecular flexibility index (Phi) is 5.55. The summed E-state index contributed by atoms with van der Waals surface area (Å²) in [7, 11) is 0. The van der Waals surface area contributed by atoms with Crippen molar-refractivity contribution >= 4 is 50.7 Å². The molecule has 4 rings (SSSR count). The Morgan fingerprint density at radius 3 is 2.69 bits per heavy atom. The highest BCUT2D eigenvalue weighted by atomic mass is 35.5. The normalized spacial score (nSPS) is 11.1. The largest absolute Gasteiger partial charge is 0.424 e. The Morgan fingerprint density at radius 1 is 1.14 bits per heavy atom. The molecule has 0 spiro atoms. The maximum Gasteiger partial charge on any atom is 0.321 e. The molecule has 0 aliphatic heterocycles. The van der Waals surface area contributed by atoms with Crippen LogP contribution in [-0.2, 0) is 4.79 Å². The average molecular weight is 422 g/mol. The van der Waals surface area contributed by atoms with Crippen LogP contribution in [0.25, 0.3) is 16.2 Å². The number of carbonyl (C=O) groups is 1. The van der Waals surface area contributed by atoms with E-state index >= 15 is 0 Å². The molecule has 0 unspecified atom stereocenters. The molecular formula is C22H16ClN3O2S. The van der Waals surface area contributed by atoms with Crippen molar-refractivity contribution in [2.45, 2.75) is 6.92 Å². The summed E-state index contributed by atoms with van der Waals surface area (Å²) < 4.78 is 6.69. The second kappa shape index (κ2) is 8.43. The Bertz CT molecular complexity index is 1210. The van der Waals surface area contributed by atoms with Gasteiger partial charge in [-0.1, -0.05) is 29.8 Å². The second-order valence-corrected chi connectivity index (χ2v) is 7.67. The molecule has 2 heterocycles. The van der Waals surface area contributed by atoms with E-state index in [9.17, 15) is 4.79 Å². The van der Waals surface area contributed by atoms with Gasteiger partial charge >= 0.3 is 6.01 Å². The van der Waals surface area contributed by atoms with E-state index in [2.05, 4.69) is 15.3 Å². The summed E-state index contributed by atoms with van der Waals surface area (Å²) in [6.45, 7) is 1.89. The van der Waals surface area contributed by atoms with Crippen LogP contribution >= 0.6 is 22.9 Å². The fourth-order valence-electron chi connectivity index (χ4n) is 2.75. The Morgan fingerprint density at radius 2 is 1.93 bits per heavy atom. The summed E-state index contributed by atoms with van der Waals surface area (Å²) in [6.07, 6.45) is 6.44. The van der Waals surface area contributed by atoms with Crippen LogP contribution in [0.15, 0.2) is 67.0 Å². The van der Waals surface area contributed by atoms with Crippen LogP contribution in [0.2, 0.25) is 5.02 Å². The number of nitrogens with zero attached hydrogens (tertiary/aromatic N) is 2. The van der Waals surface area contributed by atoms with Gasteiger partial charge < -0.3 is 10.1 Å². The number of anilines is 1. The van der Waals surface area contributed by atoms with Crippen LogP contribution in [-0.4, -0.2) is 15.9 Å². The minimum absolute atomic E-state index is 0.235. The van der Waals surface area contributed by atoms with Crippen LogP contribution in [0.4, 0.5) is 5.69 Å². The topological polar surface area (TPSA) is 64.1 Å². The summed E-state index contributed by atoms with van der Waals surface area (Å²) in [5.41, 5.74) is 1.56. The molecule has 5 nitrogen and oxygen atoms in total. The summed E-state index contributed by atoms with van der Waals surface area (Å²) in [5, 5.41) is 4.53. The molecule has 0 fully saturated rings. The van der Waals surface area contributed by atoms with Crippen molar-refractivity contribution in [1.29, 1.82) is 0 Å². The van der Waals surface area contributed by atoms with E-state index in [0.717, 1.165) is 20.5 Å². The average Bonchev–Trinajstić information content (AvgIpc) is 3.05. The summed E-state index contributed by atoms with van der Waals surface area (Å²) in [6, 6.07) is 15.2. The van der Waals surface area contributed by atoms with Gasteiger partial charge in [0.05, 0.1) is 5.02 Å². The summed E-state index contributed by atoms with van der Waals surface area (Å²) in [5.74, 6) is 0.362. The van der Waals surface area contributed by atoms with Crippen molar-refractivity contribution in [3.05, 3.63) is 82.5 Å². The van der Waals surface area contributed by atoms with E-state index in [1.165, 1.54) is 6.08 Å². The van der Waals surface area contributed by atoms with Crippen LogP contribution < -0.4 is 10.1 Å². The molecule has 0 saturated carbocycles. The Labute approximate surface area is 176 Å².